The normalized spacial score (nSPS) is 10.6. The number of fused-ring (bicyclic) bond motifs is 1. The topological polar surface area (TPSA) is 4.93 Å². The summed E-state index contributed by atoms with van der Waals surface area (Å²) in [5.41, 5.74) is 1.29. The van der Waals surface area contributed by atoms with Crippen LogP contribution in [0.1, 0.15) is 0 Å². The van der Waals surface area contributed by atoms with E-state index in [4.69, 9.17) is 0 Å². The zero-order valence-electron chi connectivity index (χ0n) is 6.32. The first kappa shape index (κ1) is 6.80. The Morgan fingerprint density at radius 2 is 2.00 bits per heavy atom. The molecule has 1 heterocycles. The minimum atomic E-state index is 1.29. The number of para-hydroxylation sites is 1. The molecule has 1 nitrogen and oxygen atoms in total. The van der Waals surface area contributed by atoms with Crippen molar-refractivity contribution in [2.45, 2.75) is 0 Å². The van der Waals surface area contributed by atoms with Gasteiger partial charge in [-0.2, -0.15) is 0 Å². The van der Waals surface area contributed by atoms with Crippen molar-refractivity contribution in [3.8, 4) is 0 Å². The van der Waals surface area contributed by atoms with Gasteiger partial charge in [-0.15, -0.1) is 0 Å². The van der Waals surface area contributed by atoms with Crippen LogP contribution in [0.4, 0.5) is 0 Å². The Morgan fingerprint density at radius 1 is 1.18 bits per heavy atom. The van der Waals surface area contributed by atoms with Gasteiger partial charge in [-0.25, -0.2) is 0 Å². The van der Waals surface area contributed by atoms with E-state index in [0.717, 1.165) is 0 Å². The molecule has 0 aliphatic heterocycles. The third-order valence-corrected chi connectivity index (χ3v) is 2.47. The van der Waals surface area contributed by atoms with Gasteiger partial charge in [0.2, 0.25) is 0 Å². The summed E-state index contributed by atoms with van der Waals surface area (Å²) in [6.07, 6.45) is 4.17. The van der Waals surface area contributed by atoms with Gasteiger partial charge < -0.3 is 0 Å². The van der Waals surface area contributed by atoms with Crippen molar-refractivity contribution in [2.75, 3.05) is 6.26 Å². The summed E-state index contributed by atoms with van der Waals surface area (Å²) in [6, 6.07) is 10.5. The monoisotopic (exact) mass is 163 g/mol. The van der Waals surface area contributed by atoms with E-state index in [2.05, 4.69) is 46.8 Å². The van der Waals surface area contributed by atoms with Crippen molar-refractivity contribution in [3.05, 3.63) is 36.5 Å². The van der Waals surface area contributed by atoms with Gasteiger partial charge in [0.1, 0.15) is 0 Å². The molecule has 0 saturated carbocycles. The van der Waals surface area contributed by atoms with Crippen LogP contribution in [0, 0.1) is 0 Å². The second kappa shape index (κ2) is 2.62. The number of hydrogen-bond donors (Lipinski definition) is 0. The van der Waals surface area contributed by atoms with Gasteiger partial charge in [0.25, 0.3) is 0 Å². The van der Waals surface area contributed by atoms with Crippen molar-refractivity contribution < 1.29 is 0 Å². The lowest BCUT2D eigenvalue weighted by atomic mass is 10.3. The summed E-state index contributed by atoms with van der Waals surface area (Å²) in [6.45, 7) is 0. The van der Waals surface area contributed by atoms with Crippen LogP contribution >= 0.6 is 11.9 Å². The summed E-state index contributed by atoms with van der Waals surface area (Å²) in [5.74, 6) is 0. The van der Waals surface area contributed by atoms with Gasteiger partial charge in [-0.3, -0.25) is 3.97 Å². The summed E-state index contributed by atoms with van der Waals surface area (Å²) in [4.78, 5) is 0. The van der Waals surface area contributed by atoms with Crippen LogP contribution in [-0.4, -0.2) is 10.2 Å². The number of benzene rings is 1. The molecular formula is C9H9NS. The zero-order valence-corrected chi connectivity index (χ0v) is 7.14. The molecule has 0 N–H and O–H groups in total. The Hall–Kier alpha value is -0.890. The van der Waals surface area contributed by atoms with Crippen LogP contribution in [0.5, 0.6) is 0 Å². The van der Waals surface area contributed by atoms with Crippen LogP contribution in [0.2, 0.25) is 0 Å². The van der Waals surface area contributed by atoms with E-state index >= 15 is 0 Å². The molecule has 0 spiro atoms. The summed E-state index contributed by atoms with van der Waals surface area (Å²) in [7, 11) is 0. The average molecular weight is 163 g/mol. The van der Waals surface area contributed by atoms with Crippen molar-refractivity contribution in [1.29, 1.82) is 0 Å². The Kier molecular flexibility index (Phi) is 1.62. The van der Waals surface area contributed by atoms with E-state index in [-0.39, 0.29) is 0 Å². The molecular weight excluding hydrogens is 154 g/mol. The average Bonchev–Trinajstić information content (AvgIpc) is 2.47. The van der Waals surface area contributed by atoms with Crippen LogP contribution in [0.25, 0.3) is 10.9 Å². The third kappa shape index (κ3) is 1.03. The van der Waals surface area contributed by atoms with E-state index < -0.39 is 0 Å². The first-order valence-corrected chi connectivity index (χ1v) is 4.70. The molecule has 11 heavy (non-hydrogen) atoms. The maximum atomic E-state index is 2.16. The first-order valence-electron chi connectivity index (χ1n) is 3.52. The molecule has 0 bridgehead atoms. The van der Waals surface area contributed by atoms with Crippen molar-refractivity contribution in [2.24, 2.45) is 0 Å². The lowest BCUT2D eigenvalue weighted by Crippen LogP contribution is -1.79. The summed E-state index contributed by atoms with van der Waals surface area (Å²) < 4.78 is 2.16. The van der Waals surface area contributed by atoms with Gasteiger partial charge >= 0.3 is 0 Å². The van der Waals surface area contributed by atoms with Crippen LogP contribution in [-0.2, 0) is 0 Å². The molecule has 56 valence electrons. The highest BCUT2D eigenvalue weighted by atomic mass is 32.2. The molecule has 0 atom stereocenters. The van der Waals surface area contributed by atoms with E-state index in [1.807, 2.05) is 0 Å². The number of hydrogen-bond acceptors (Lipinski definition) is 1. The van der Waals surface area contributed by atoms with Crippen LogP contribution in [0.15, 0.2) is 36.5 Å². The highest BCUT2D eigenvalue weighted by molar-refractivity contribution is 7.97. The Morgan fingerprint density at radius 3 is 2.82 bits per heavy atom. The smallest absolute Gasteiger partial charge is 0.0591 e. The molecule has 2 aromatic rings. The van der Waals surface area contributed by atoms with E-state index in [9.17, 15) is 0 Å². The van der Waals surface area contributed by atoms with Gasteiger partial charge in [0.15, 0.2) is 0 Å². The molecule has 0 saturated heterocycles. The molecule has 0 fully saturated rings. The zero-order chi connectivity index (χ0) is 7.68. The predicted octanol–water partition coefficient (Wildman–Crippen LogP) is 2.77. The highest BCUT2D eigenvalue weighted by Gasteiger charge is 1.95. The predicted molar refractivity (Wildman–Crippen MR) is 50.9 cm³/mol. The SMILES string of the molecule is CSn1ccc2ccccc21. The molecule has 1 aromatic carbocycles. The standard InChI is InChI=1S/C9H9NS/c1-11-10-7-6-8-4-2-3-5-9(8)10/h2-7H,1H3. The Bertz CT molecular complexity index is 364. The maximum absolute atomic E-state index is 2.16. The first-order chi connectivity index (χ1) is 5.42. The summed E-state index contributed by atoms with van der Waals surface area (Å²) in [5, 5.41) is 1.31. The quantitative estimate of drug-likeness (QED) is 0.625. The van der Waals surface area contributed by atoms with Crippen molar-refractivity contribution in [3.63, 3.8) is 0 Å². The lowest BCUT2D eigenvalue weighted by molar-refractivity contribution is 1.35. The molecule has 0 unspecified atom stereocenters. The molecule has 0 aliphatic rings. The van der Waals surface area contributed by atoms with Crippen molar-refractivity contribution >= 4 is 22.9 Å². The van der Waals surface area contributed by atoms with E-state index in [1.165, 1.54) is 10.9 Å². The Labute approximate surface area is 70.2 Å². The molecule has 0 radical (unpaired) electrons. The second-order valence-electron chi connectivity index (χ2n) is 2.38. The fourth-order valence-electron chi connectivity index (χ4n) is 1.22. The van der Waals surface area contributed by atoms with Gasteiger partial charge in [-0.05, 0) is 24.1 Å². The summed E-state index contributed by atoms with van der Waals surface area (Å²) >= 11 is 1.72. The Balaban J connectivity index is 2.76. The lowest BCUT2D eigenvalue weighted by Gasteiger charge is -1.96. The van der Waals surface area contributed by atoms with Crippen LogP contribution < -0.4 is 0 Å². The molecule has 2 rings (SSSR count). The fourth-order valence-corrected chi connectivity index (χ4v) is 1.76. The maximum Gasteiger partial charge on any atom is 0.0591 e. The largest absolute Gasteiger partial charge is 0.291 e. The third-order valence-electron chi connectivity index (χ3n) is 1.76. The minimum Gasteiger partial charge on any atom is -0.291 e. The molecule has 0 amide bonds. The highest BCUT2D eigenvalue weighted by Crippen LogP contribution is 2.18. The van der Waals surface area contributed by atoms with Gasteiger partial charge in [0, 0.05) is 17.8 Å². The minimum absolute atomic E-state index is 1.29. The number of nitrogens with zero attached hydrogens (tertiary/aromatic N) is 1. The second-order valence-corrected chi connectivity index (χ2v) is 3.14. The van der Waals surface area contributed by atoms with Gasteiger partial charge in [0.05, 0.1) is 5.52 Å². The molecule has 0 aliphatic carbocycles. The molecule has 2 heteroatoms. The number of aromatic nitrogens is 1. The van der Waals surface area contributed by atoms with Gasteiger partial charge in [-0.1, -0.05) is 18.2 Å². The van der Waals surface area contributed by atoms with E-state index in [1.54, 1.807) is 11.9 Å². The van der Waals surface area contributed by atoms with Crippen molar-refractivity contribution in [1.82, 2.24) is 3.97 Å². The number of rotatable bonds is 1. The fraction of sp³-hybridized carbons (Fsp3) is 0.111. The molecule has 1 aromatic heterocycles. The van der Waals surface area contributed by atoms with Crippen LogP contribution in [0.3, 0.4) is 0 Å². The van der Waals surface area contributed by atoms with E-state index in [0.29, 0.717) is 0 Å².